The molecule has 0 saturated carbocycles. The lowest BCUT2D eigenvalue weighted by Crippen LogP contribution is -2.25. The van der Waals surface area contributed by atoms with Crippen LogP contribution in [0.5, 0.6) is 11.5 Å². The molecule has 2 N–H and O–H groups in total. The Balaban J connectivity index is 2.47. The summed E-state index contributed by atoms with van der Waals surface area (Å²) in [6.45, 7) is -0.219. The van der Waals surface area contributed by atoms with Crippen molar-refractivity contribution in [2.45, 2.75) is 0 Å². The predicted octanol–water partition coefficient (Wildman–Crippen LogP) is 0.579. The number of hydrogen-bond acceptors (Lipinski definition) is 4. The van der Waals surface area contributed by atoms with E-state index in [2.05, 4.69) is 0 Å². The summed E-state index contributed by atoms with van der Waals surface area (Å²) in [6.07, 6.45) is 0. The van der Waals surface area contributed by atoms with Crippen LogP contribution in [-0.2, 0) is 4.79 Å². The van der Waals surface area contributed by atoms with Crippen LogP contribution >= 0.6 is 0 Å². The van der Waals surface area contributed by atoms with E-state index >= 15 is 0 Å². The molecule has 1 amide bonds. The molecule has 0 spiro atoms. The first-order chi connectivity index (χ1) is 6.76. The van der Waals surface area contributed by atoms with Crippen LogP contribution in [-0.4, -0.2) is 24.8 Å². The van der Waals surface area contributed by atoms with E-state index in [0.29, 0.717) is 11.5 Å². The number of benzene rings is 1. The van der Waals surface area contributed by atoms with Gasteiger partial charge in [0, 0.05) is 0 Å². The molecular weight excluding hydrogens is 186 g/mol. The monoisotopic (exact) mass is 197 g/mol. The summed E-state index contributed by atoms with van der Waals surface area (Å²) in [6, 6.07) is 6.77. The van der Waals surface area contributed by atoms with Gasteiger partial charge >= 0.3 is 0 Å². The third-order valence-corrected chi connectivity index (χ3v) is 1.55. The second kappa shape index (κ2) is 5.08. The van der Waals surface area contributed by atoms with Gasteiger partial charge in [0.1, 0.15) is 11.5 Å². The second-order valence-electron chi connectivity index (χ2n) is 2.50. The van der Waals surface area contributed by atoms with Gasteiger partial charge in [-0.3, -0.25) is 10.0 Å². The topological polar surface area (TPSA) is 67.8 Å². The first-order valence-corrected chi connectivity index (χ1v) is 3.96. The maximum atomic E-state index is 10.6. The lowest BCUT2D eigenvalue weighted by atomic mass is 10.3. The molecule has 0 aliphatic carbocycles. The molecular formula is C9H11NO4. The number of hydrogen-bond donors (Lipinski definition) is 2. The molecule has 0 aliphatic heterocycles. The minimum atomic E-state index is -0.596. The summed E-state index contributed by atoms with van der Waals surface area (Å²) < 4.78 is 9.97. The average molecular weight is 197 g/mol. The number of nitrogens with one attached hydrogen (secondary N) is 1. The molecule has 76 valence electrons. The third kappa shape index (κ3) is 2.95. The maximum Gasteiger partial charge on any atom is 0.281 e. The first kappa shape index (κ1) is 10.3. The quantitative estimate of drug-likeness (QED) is 0.547. The number of hydroxylamine groups is 1. The van der Waals surface area contributed by atoms with Crippen molar-refractivity contribution in [2.24, 2.45) is 0 Å². The fourth-order valence-corrected chi connectivity index (χ4v) is 0.853. The highest BCUT2D eigenvalue weighted by Crippen LogP contribution is 2.16. The van der Waals surface area contributed by atoms with Gasteiger partial charge in [0.25, 0.3) is 5.91 Å². The van der Waals surface area contributed by atoms with Gasteiger partial charge in [-0.15, -0.1) is 0 Å². The number of methoxy groups -OCH3 is 1. The Kier molecular flexibility index (Phi) is 3.75. The maximum absolute atomic E-state index is 10.6. The van der Waals surface area contributed by atoms with Crippen molar-refractivity contribution < 1.29 is 19.5 Å². The van der Waals surface area contributed by atoms with Crippen molar-refractivity contribution >= 4 is 5.91 Å². The van der Waals surface area contributed by atoms with Crippen LogP contribution < -0.4 is 15.0 Å². The minimum absolute atomic E-state index is 0.219. The Bertz CT molecular complexity index is 296. The molecule has 1 aromatic rings. The van der Waals surface area contributed by atoms with Crippen LogP contribution in [0.15, 0.2) is 24.3 Å². The van der Waals surface area contributed by atoms with Crippen LogP contribution in [0.1, 0.15) is 0 Å². The number of amides is 1. The minimum Gasteiger partial charge on any atom is -0.497 e. The number of ether oxygens (including phenoxy) is 2. The van der Waals surface area contributed by atoms with Crippen LogP contribution in [0.3, 0.4) is 0 Å². The fourth-order valence-electron chi connectivity index (χ4n) is 0.853. The van der Waals surface area contributed by atoms with Crippen molar-refractivity contribution in [3.8, 4) is 11.5 Å². The van der Waals surface area contributed by atoms with E-state index in [1.165, 1.54) is 5.48 Å². The summed E-state index contributed by atoms with van der Waals surface area (Å²) in [4.78, 5) is 10.6. The molecule has 0 saturated heterocycles. The first-order valence-electron chi connectivity index (χ1n) is 3.96. The molecule has 5 nitrogen and oxygen atoms in total. The van der Waals surface area contributed by atoms with Gasteiger partial charge in [0.2, 0.25) is 0 Å². The molecule has 0 radical (unpaired) electrons. The summed E-state index contributed by atoms with van der Waals surface area (Å²) >= 11 is 0. The highest BCUT2D eigenvalue weighted by Gasteiger charge is 2.00. The number of carbonyl (C=O) groups excluding carboxylic acids is 1. The predicted molar refractivity (Wildman–Crippen MR) is 48.4 cm³/mol. The Morgan fingerprint density at radius 2 is 1.93 bits per heavy atom. The Labute approximate surface area is 81.2 Å². The zero-order valence-corrected chi connectivity index (χ0v) is 7.69. The van der Waals surface area contributed by atoms with Crippen LogP contribution in [0.25, 0.3) is 0 Å². The largest absolute Gasteiger partial charge is 0.497 e. The van der Waals surface area contributed by atoms with Crippen molar-refractivity contribution in [2.75, 3.05) is 13.7 Å². The smallest absolute Gasteiger partial charge is 0.281 e. The summed E-state index contributed by atoms with van der Waals surface area (Å²) in [7, 11) is 1.56. The summed E-state index contributed by atoms with van der Waals surface area (Å²) in [5.74, 6) is 0.652. The van der Waals surface area contributed by atoms with Gasteiger partial charge in [0.15, 0.2) is 6.61 Å². The van der Waals surface area contributed by atoms with Crippen LogP contribution in [0, 0.1) is 0 Å². The van der Waals surface area contributed by atoms with E-state index < -0.39 is 5.91 Å². The highest BCUT2D eigenvalue weighted by atomic mass is 16.5. The fraction of sp³-hybridized carbons (Fsp3) is 0.222. The lowest BCUT2D eigenvalue weighted by molar-refractivity contribution is -0.131. The molecule has 1 aromatic carbocycles. The molecule has 0 unspecified atom stereocenters. The molecule has 14 heavy (non-hydrogen) atoms. The van der Waals surface area contributed by atoms with Gasteiger partial charge in [-0.05, 0) is 24.3 Å². The van der Waals surface area contributed by atoms with E-state index in [-0.39, 0.29) is 6.61 Å². The van der Waals surface area contributed by atoms with Gasteiger partial charge in [-0.1, -0.05) is 0 Å². The number of rotatable bonds is 4. The van der Waals surface area contributed by atoms with E-state index in [0.717, 1.165) is 0 Å². The van der Waals surface area contributed by atoms with Gasteiger partial charge < -0.3 is 9.47 Å². The molecule has 0 fully saturated rings. The van der Waals surface area contributed by atoms with Crippen molar-refractivity contribution in [1.29, 1.82) is 0 Å². The molecule has 0 heterocycles. The molecule has 0 atom stereocenters. The van der Waals surface area contributed by atoms with Gasteiger partial charge in [0.05, 0.1) is 7.11 Å². The third-order valence-electron chi connectivity index (χ3n) is 1.55. The zero-order chi connectivity index (χ0) is 10.4. The van der Waals surface area contributed by atoms with E-state index in [4.69, 9.17) is 14.7 Å². The normalized spacial score (nSPS) is 9.29. The molecule has 0 bridgehead atoms. The SMILES string of the molecule is COc1ccc(OCC(=O)NO)cc1. The van der Waals surface area contributed by atoms with E-state index in [1.54, 1.807) is 31.4 Å². The Hall–Kier alpha value is -1.75. The van der Waals surface area contributed by atoms with Gasteiger partial charge in [-0.2, -0.15) is 0 Å². The zero-order valence-electron chi connectivity index (χ0n) is 7.69. The summed E-state index contributed by atoms with van der Waals surface area (Å²) in [5.41, 5.74) is 1.47. The highest BCUT2D eigenvalue weighted by molar-refractivity contribution is 5.76. The standard InChI is InChI=1S/C9H11NO4/c1-13-7-2-4-8(5-3-7)14-6-9(11)10-12/h2-5,12H,6H2,1H3,(H,10,11). The molecule has 0 aromatic heterocycles. The van der Waals surface area contributed by atoms with Crippen LogP contribution in [0.4, 0.5) is 0 Å². The van der Waals surface area contributed by atoms with Crippen molar-refractivity contribution in [3.05, 3.63) is 24.3 Å². The Morgan fingerprint density at radius 3 is 2.43 bits per heavy atom. The molecule has 0 aliphatic rings. The number of carbonyl (C=O) groups is 1. The van der Waals surface area contributed by atoms with Crippen molar-refractivity contribution in [1.82, 2.24) is 5.48 Å². The molecule has 5 heteroatoms. The van der Waals surface area contributed by atoms with E-state index in [9.17, 15) is 4.79 Å². The summed E-state index contributed by atoms with van der Waals surface area (Å²) in [5, 5.41) is 8.20. The van der Waals surface area contributed by atoms with Crippen LogP contribution in [0.2, 0.25) is 0 Å². The lowest BCUT2D eigenvalue weighted by Gasteiger charge is -2.05. The van der Waals surface area contributed by atoms with Crippen molar-refractivity contribution in [3.63, 3.8) is 0 Å². The van der Waals surface area contributed by atoms with Gasteiger partial charge in [-0.25, -0.2) is 5.48 Å². The Morgan fingerprint density at radius 1 is 1.36 bits per heavy atom. The second-order valence-corrected chi connectivity index (χ2v) is 2.50. The van der Waals surface area contributed by atoms with E-state index in [1.807, 2.05) is 0 Å². The molecule has 1 rings (SSSR count). The average Bonchev–Trinajstić information content (AvgIpc) is 2.26.